The summed E-state index contributed by atoms with van der Waals surface area (Å²) in [5.74, 6) is -0.367. The van der Waals surface area contributed by atoms with E-state index in [4.69, 9.17) is 11.5 Å². The van der Waals surface area contributed by atoms with E-state index in [1.54, 1.807) is 0 Å². The van der Waals surface area contributed by atoms with E-state index in [0.29, 0.717) is 5.69 Å². The second-order valence-corrected chi connectivity index (χ2v) is 2.55. The molecule has 4 nitrogen and oxygen atoms in total. The minimum atomic E-state index is -0.237. The maximum Gasteiger partial charge on any atom is 0.163 e. The highest BCUT2D eigenvalue weighted by molar-refractivity contribution is 5.98. The number of nitrogens with two attached hydrogens (primary N) is 2. The van der Waals surface area contributed by atoms with Crippen molar-refractivity contribution in [2.75, 3.05) is 11.5 Å². The minimum Gasteiger partial charge on any atom is -0.507 e. The van der Waals surface area contributed by atoms with Crippen molar-refractivity contribution in [3.05, 3.63) is 17.7 Å². The molecule has 12 heavy (non-hydrogen) atoms. The van der Waals surface area contributed by atoms with Crippen LogP contribution < -0.4 is 11.5 Å². The zero-order valence-electron chi connectivity index (χ0n) is 6.66. The summed E-state index contributed by atoms with van der Waals surface area (Å²) in [6.45, 7) is 1.35. The molecule has 0 radical (unpaired) electrons. The summed E-state index contributed by atoms with van der Waals surface area (Å²) in [5, 5.41) is 9.23. The minimum absolute atomic E-state index is 0.130. The number of carbonyl (C=O) groups excluding carboxylic acids is 1. The number of nitrogen functional groups attached to an aromatic ring is 2. The smallest absolute Gasteiger partial charge is 0.163 e. The third-order valence-corrected chi connectivity index (χ3v) is 1.58. The lowest BCUT2D eigenvalue weighted by atomic mass is 10.1. The Morgan fingerprint density at radius 2 is 1.83 bits per heavy atom. The molecule has 4 heteroatoms. The number of rotatable bonds is 1. The van der Waals surface area contributed by atoms with Crippen molar-refractivity contribution >= 4 is 17.2 Å². The molecule has 1 rings (SSSR count). The van der Waals surface area contributed by atoms with Crippen molar-refractivity contribution in [2.24, 2.45) is 0 Å². The topological polar surface area (TPSA) is 89.3 Å². The van der Waals surface area contributed by atoms with Crippen molar-refractivity contribution in [2.45, 2.75) is 6.92 Å². The van der Waals surface area contributed by atoms with E-state index in [-0.39, 0.29) is 22.8 Å². The fraction of sp³-hybridized carbons (Fsp3) is 0.125. The van der Waals surface area contributed by atoms with Crippen LogP contribution in [-0.2, 0) is 0 Å². The van der Waals surface area contributed by atoms with Gasteiger partial charge >= 0.3 is 0 Å². The molecule has 0 unspecified atom stereocenters. The molecular formula is C8H10N2O2. The van der Waals surface area contributed by atoms with Gasteiger partial charge in [-0.1, -0.05) is 0 Å². The maximum absolute atomic E-state index is 10.9. The van der Waals surface area contributed by atoms with Gasteiger partial charge in [0.15, 0.2) is 5.78 Å². The first kappa shape index (κ1) is 8.39. The molecule has 0 aliphatic rings. The van der Waals surface area contributed by atoms with Gasteiger partial charge in [-0.3, -0.25) is 4.79 Å². The third-order valence-electron chi connectivity index (χ3n) is 1.58. The van der Waals surface area contributed by atoms with Crippen LogP contribution in [0.3, 0.4) is 0 Å². The second-order valence-electron chi connectivity index (χ2n) is 2.55. The highest BCUT2D eigenvalue weighted by atomic mass is 16.3. The number of benzene rings is 1. The summed E-state index contributed by atoms with van der Waals surface area (Å²) < 4.78 is 0. The molecule has 1 aromatic carbocycles. The number of phenolic OH excluding ortho intramolecular Hbond substituents is 1. The van der Waals surface area contributed by atoms with Gasteiger partial charge in [0.1, 0.15) is 5.75 Å². The molecule has 0 amide bonds. The lowest BCUT2D eigenvalue weighted by Crippen LogP contribution is -1.99. The van der Waals surface area contributed by atoms with Crippen LogP contribution >= 0.6 is 0 Å². The first-order chi connectivity index (χ1) is 5.52. The van der Waals surface area contributed by atoms with Gasteiger partial charge in [-0.05, 0) is 13.0 Å². The van der Waals surface area contributed by atoms with Gasteiger partial charge < -0.3 is 16.6 Å². The summed E-state index contributed by atoms with van der Waals surface area (Å²) in [7, 11) is 0. The van der Waals surface area contributed by atoms with E-state index < -0.39 is 0 Å². The predicted molar refractivity (Wildman–Crippen MR) is 46.9 cm³/mol. The molecule has 0 aliphatic heterocycles. The number of hydrogen-bond acceptors (Lipinski definition) is 4. The Hall–Kier alpha value is -1.71. The third kappa shape index (κ3) is 1.32. The molecule has 0 aromatic heterocycles. The van der Waals surface area contributed by atoms with E-state index in [1.807, 2.05) is 0 Å². The van der Waals surface area contributed by atoms with Crippen LogP contribution in [0.4, 0.5) is 11.4 Å². The Balaban J connectivity index is 3.33. The largest absolute Gasteiger partial charge is 0.507 e. The van der Waals surface area contributed by atoms with E-state index in [0.717, 1.165) is 0 Å². The zero-order valence-corrected chi connectivity index (χ0v) is 6.66. The molecule has 0 saturated heterocycles. The van der Waals surface area contributed by atoms with Crippen LogP contribution in [0, 0.1) is 0 Å². The fourth-order valence-electron chi connectivity index (χ4n) is 0.903. The molecule has 64 valence electrons. The molecule has 0 bridgehead atoms. The summed E-state index contributed by atoms with van der Waals surface area (Å²) >= 11 is 0. The Kier molecular flexibility index (Phi) is 1.91. The van der Waals surface area contributed by atoms with Gasteiger partial charge in [-0.25, -0.2) is 0 Å². The van der Waals surface area contributed by atoms with E-state index in [9.17, 15) is 9.90 Å². The van der Waals surface area contributed by atoms with Crippen LogP contribution in [0.15, 0.2) is 12.1 Å². The van der Waals surface area contributed by atoms with Crippen molar-refractivity contribution in [3.63, 3.8) is 0 Å². The van der Waals surface area contributed by atoms with Crippen molar-refractivity contribution in [1.29, 1.82) is 0 Å². The first-order valence-electron chi connectivity index (χ1n) is 3.41. The summed E-state index contributed by atoms with van der Waals surface area (Å²) in [6.07, 6.45) is 0. The molecule has 1 aromatic rings. The average Bonchev–Trinajstić information content (AvgIpc) is 1.96. The van der Waals surface area contributed by atoms with E-state index in [2.05, 4.69) is 0 Å². The number of hydrogen-bond donors (Lipinski definition) is 3. The predicted octanol–water partition coefficient (Wildman–Crippen LogP) is 0.759. The first-order valence-corrected chi connectivity index (χ1v) is 3.41. The number of ketones is 1. The molecule has 0 atom stereocenters. The Morgan fingerprint density at radius 1 is 1.33 bits per heavy atom. The van der Waals surface area contributed by atoms with Gasteiger partial charge in [0, 0.05) is 6.07 Å². The Morgan fingerprint density at radius 3 is 2.33 bits per heavy atom. The number of aromatic hydroxyl groups is 1. The molecule has 5 N–H and O–H groups in total. The quantitative estimate of drug-likeness (QED) is 0.326. The maximum atomic E-state index is 10.9. The Labute approximate surface area is 69.8 Å². The number of Topliss-reactive ketones (excluding diaryl/α,β-unsaturated/α-hetero) is 1. The normalized spacial score (nSPS) is 9.75. The number of carbonyl (C=O) groups is 1. The second kappa shape index (κ2) is 2.73. The van der Waals surface area contributed by atoms with Crippen molar-refractivity contribution < 1.29 is 9.90 Å². The van der Waals surface area contributed by atoms with E-state index in [1.165, 1.54) is 19.1 Å². The van der Waals surface area contributed by atoms with Gasteiger partial charge in [-0.2, -0.15) is 0 Å². The fourth-order valence-corrected chi connectivity index (χ4v) is 0.903. The molecular weight excluding hydrogens is 156 g/mol. The van der Waals surface area contributed by atoms with Crippen LogP contribution in [0.5, 0.6) is 5.75 Å². The lowest BCUT2D eigenvalue weighted by molar-refractivity contribution is 0.101. The van der Waals surface area contributed by atoms with Gasteiger partial charge in [0.2, 0.25) is 0 Å². The van der Waals surface area contributed by atoms with Gasteiger partial charge in [0.05, 0.1) is 16.9 Å². The molecule has 0 spiro atoms. The molecule has 0 fully saturated rings. The number of phenols is 1. The summed E-state index contributed by atoms with van der Waals surface area (Å²) in [6, 6.07) is 2.64. The van der Waals surface area contributed by atoms with Crippen molar-refractivity contribution in [1.82, 2.24) is 0 Å². The highest BCUT2D eigenvalue weighted by Crippen LogP contribution is 2.26. The van der Waals surface area contributed by atoms with E-state index >= 15 is 0 Å². The molecule has 0 heterocycles. The summed E-state index contributed by atoms with van der Waals surface area (Å²) in [5.41, 5.74) is 11.6. The monoisotopic (exact) mass is 166 g/mol. The summed E-state index contributed by atoms with van der Waals surface area (Å²) in [4.78, 5) is 10.9. The number of anilines is 2. The highest BCUT2D eigenvalue weighted by Gasteiger charge is 2.08. The van der Waals surface area contributed by atoms with Crippen LogP contribution in [0.25, 0.3) is 0 Å². The Bertz CT molecular complexity index is 334. The standard InChI is InChI=1S/C8H10N2O2/c1-4(11)5-2-6(9)7(10)3-8(5)12/h2-3,12H,9-10H2,1H3. The average molecular weight is 166 g/mol. The lowest BCUT2D eigenvalue weighted by Gasteiger charge is -2.04. The van der Waals surface area contributed by atoms with Gasteiger partial charge in [0.25, 0.3) is 0 Å². The van der Waals surface area contributed by atoms with Crippen LogP contribution in [0.1, 0.15) is 17.3 Å². The zero-order chi connectivity index (χ0) is 9.30. The SMILES string of the molecule is CC(=O)c1cc(N)c(N)cc1O. The molecule has 0 aliphatic carbocycles. The molecule has 0 saturated carbocycles. The van der Waals surface area contributed by atoms with Crippen LogP contribution in [-0.4, -0.2) is 10.9 Å². The van der Waals surface area contributed by atoms with Crippen LogP contribution in [0.2, 0.25) is 0 Å². The van der Waals surface area contributed by atoms with Gasteiger partial charge in [-0.15, -0.1) is 0 Å². The van der Waals surface area contributed by atoms with Crippen molar-refractivity contribution in [3.8, 4) is 5.75 Å².